The second kappa shape index (κ2) is 9.85. The van der Waals surface area contributed by atoms with Gasteiger partial charge in [0, 0.05) is 29.5 Å². The zero-order valence-corrected chi connectivity index (χ0v) is 23.9. The number of carbonyl (C=O) groups is 1. The van der Waals surface area contributed by atoms with Crippen molar-refractivity contribution in [2.24, 2.45) is 33.6 Å². The summed E-state index contributed by atoms with van der Waals surface area (Å²) in [6.07, 6.45) is 9.12. The van der Waals surface area contributed by atoms with Crippen LogP contribution in [0.5, 0.6) is 11.5 Å². The van der Waals surface area contributed by atoms with Crippen LogP contribution in [0.4, 0.5) is 0 Å². The summed E-state index contributed by atoms with van der Waals surface area (Å²) in [7, 11) is 3.23. The fraction of sp³-hybridized carbons (Fsp3) is 0.688. The first-order chi connectivity index (χ1) is 19.1. The van der Waals surface area contributed by atoms with E-state index in [0.717, 1.165) is 30.4 Å². The standard InChI is InChI=1S/C32H43NO7/c1-29-10-7-24-25(32(29,37)13-9-23(29)21-15-28(35)40-18-21)8-12-31(36)16-22(34)6-11-30(24,31)19-33-17-20-4-5-26(38-2)27(14-20)39-3/h4-5,14-15,19,22-25,34,36-37H,6-13,16-18H2,1-3H3. The molecule has 1 aliphatic heterocycles. The summed E-state index contributed by atoms with van der Waals surface area (Å²) in [6, 6.07) is 5.77. The Morgan fingerprint density at radius 2 is 1.80 bits per heavy atom. The largest absolute Gasteiger partial charge is 0.493 e. The Morgan fingerprint density at radius 1 is 1.02 bits per heavy atom. The third-order valence-corrected chi connectivity index (χ3v) is 11.7. The topological polar surface area (TPSA) is 118 Å². The molecule has 40 heavy (non-hydrogen) atoms. The summed E-state index contributed by atoms with van der Waals surface area (Å²) < 4.78 is 16.1. The summed E-state index contributed by atoms with van der Waals surface area (Å²) >= 11 is 0. The Labute approximate surface area is 236 Å². The number of benzene rings is 1. The zero-order chi connectivity index (χ0) is 28.3. The molecular formula is C32H43NO7. The van der Waals surface area contributed by atoms with Gasteiger partial charge in [0.05, 0.1) is 38.1 Å². The van der Waals surface area contributed by atoms with Gasteiger partial charge < -0.3 is 29.5 Å². The molecular weight excluding hydrogens is 510 g/mol. The Bertz CT molecular complexity index is 1230. The number of hydrogen-bond acceptors (Lipinski definition) is 8. The van der Waals surface area contributed by atoms with Crippen molar-refractivity contribution in [1.82, 2.24) is 0 Å². The van der Waals surface area contributed by atoms with Crippen LogP contribution >= 0.6 is 0 Å². The minimum Gasteiger partial charge on any atom is -0.493 e. The van der Waals surface area contributed by atoms with Crippen molar-refractivity contribution in [2.45, 2.75) is 88.6 Å². The van der Waals surface area contributed by atoms with Crippen LogP contribution < -0.4 is 9.47 Å². The third-order valence-electron chi connectivity index (χ3n) is 11.7. The predicted octanol–water partition coefficient (Wildman–Crippen LogP) is 3.99. The van der Waals surface area contributed by atoms with Gasteiger partial charge in [0.2, 0.25) is 0 Å². The molecule has 0 amide bonds. The molecule has 4 aliphatic carbocycles. The van der Waals surface area contributed by atoms with E-state index in [1.165, 1.54) is 0 Å². The van der Waals surface area contributed by atoms with E-state index < -0.39 is 22.7 Å². The van der Waals surface area contributed by atoms with Crippen LogP contribution in [0, 0.1) is 28.6 Å². The first-order valence-corrected chi connectivity index (χ1v) is 14.8. The molecule has 8 unspecified atom stereocenters. The number of cyclic esters (lactones) is 1. The zero-order valence-electron chi connectivity index (χ0n) is 23.9. The summed E-state index contributed by atoms with van der Waals surface area (Å²) in [5, 5.41) is 35.4. The van der Waals surface area contributed by atoms with E-state index in [1.54, 1.807) is 20.3 Å². The Hall–Kier alpha value is -2.42. The van der Waals surface area contributed by atoms with Crippen LogP contribution in [-0.2, 0) is 16.1 Å². The van der Waals surface area contributed by atoms with Crippen LogP contribution in [0.15, 0.2) is 34.8 Å². The summed E-state index contributed by atoms with van der Waals surface area (Å²) in [4.78, 5) is 16.8. The molecule has 8 atom stereocenters. The molecule has 0 bridgehead atoms. The van der Waals surface area contributed by atoms with Gasteiger partial charge in [-0.1, -0.05) is 13.0 Å². The number of methoxy groups -OCH3 is 2. The maximum atomic E-state index is 12.6. The highest BCUT2D eigenvalue weighted by Crippen LogP contribution is 2.70. The number of aliphatic hydroxyl groups is 3. The van der Waals surface area contributed by atoms with Crippen molar-refractivity contribution in [2.75, 3.05) is 20.8 Å². The Balaban J connectivity index is 1.33. The molecule has 0 radical (unpaired) electrons. The van der Waals surface area contributed by atoms with E-state index in [-0.39, 0.29) is 29.1 Å². The van der Waals surface area contributed by atoms with E-state index in [9.17, 15) is 20.1 Å². The molecule has 0 spiro atoms. The van der Waals surface area contributed by atoms with Crippen molar-refractivity contribution in [3.8, 4) is 11.5 Å². The fourth-order valence-electron chi connectivity index (χ4n) is 9.65. The average Bonchev–Trinajstić information content (AvgIpc) is 3.48. The minimum absolute atomic E-state index is 0.0120. The Morgan fingerprint density at radius 3 is 2.52 bits per heavy atom. The van der Waals surface area contributed by atoms with Crippen molar-refractivity contribution in [1.29, 1.82) is 0 Å². The summed E-state index contributed by atoms with van der Waals surface area (Å²) in [6.45, 7) is 2.96. The lowest BCUT2D eigenvalue weighted by Gasteiger charge is -2.65. The molecule has 0 aromatic heterocycles. The lowest BCUT2D eigenvalue weighted by Crippen LogP contribution is -2.68. The molecule has 6 rings (SSSR count). The number of fused-ring (bicyclic) bond motifs is 5. The monoisotopic (exact) mass is 553 g/mol. The molecule has 4 saturated carbocycles. The van der Waals surface area contributed by atoms with E-state index >= 15 is 0 Å². The summed E-state index contributed by atoms with van der Waals surface area (Å²) in [5.74, 6) is 1.22. The van der Waals surface area contributed by atoms with Gasteiger partial charge >= 0.3 is 5.97 Å². The first kappa shape index (κ1) is 27.7. The van der Waals surface area contributed by atoms with Gasteiger partial charge in [-0.05, 0) is 92.4 Å². The second-order valence-electron chi connectivity index (χ2n) is 13.2. The molecule has 8 heteroatoms. The molecule has 5 aliphatic rings. The van der Waals surface area contributed by atoms with Gasteiger partial charge in [0.1, 0.15) is 6.61 Å². The second-order valence-corrected chi connectivity index (χ2v) is 13.2. The average molecular weight is 554 g/mol. The van der Waals surface area contributed by atoms with E-state index in [2.05, 4.69) is 6.92 Å². The normalized spacial score (nSPS) is 42.5. The van der Waals surface area contributed by atoms with E-state index in [1.807, 2.05) is 24.4 Å². The van der Waals surface area contributed by atoms with Gasteiger partial charge in [0.25, 0.3) is 0 Å². The van der Waals surface area contributed by atoms with Crippen LogP contribution in [0.2, 0.25) is 0 Å². The number of aliphatic imine (C=N–C) groups is 1. The molecule has 4 fully saturated rings. The van der Waals surface area contributed by atoms with Crippen LogP contribution in [0.25, 0.3) is 0 Å². The lowest BCUT2D eigenvalue weighted by molar-refractivity contribution is -0.237. The highest BCUT2D eigenvalue weighted by atomic mass is 16.5. The quantitative estimate of drug-likeness (QED) is 0.360. The van der Waals surface area contributed by atoms with Crippen LogP contribution in [0.3, 0.4) is 0 Å². The number of aliphatic hydroxyl groups excluding tert-OH is 1. The summed E-state index contributed by atoms with van der Waals surface area (Å²) in [5.41, 5.74) is -0.937. The van der Waals surface area contributed by atoms with E-state index in [4.69, 9.17) is 19.2 Å². The van der Waals surface area contributed by atoms with Crippen molar-refractivity contribution >= 4 is 12.2 Å². The molecule has 1 aromatic rings. The molecule has 3 N–H and O–H groups in total. The van der Waals surface area contributed by atoms with Gasteiger partial charge in [-0.15, -0.1) is 0 Å². The highest BCUT2D eigenvalue weighted by molar-refractivity contribution is 5.85. The molecule has 1 heterocycles. The molecule has 0 saturated heterocycles. The van der Waals surface area contributed by atoms with Gasteiger partial charge in [-0.25, -0.2) is 4.79 Å². The number of esters is 1. The number of hydrogen-bond donors (Lipinski definition) is 3. The maximum Gasteiger partial charge on any atom is 0.331 e. The fourth-order valence-corrected chi connectivity index (χ4v) is 9.65. The molecule has 218 valence electrons. The minimum atomic E-state index is -1.07. The van der Waals surface area contributed by atoms with Crippen LogP contribution in [-0.4, -0.2) is 65.6 Å². The van der Waals surface area contributed by atoms with Crippen molar-refractivity contribution in [3.63, 3.8) is 0 Å². The smallest absolute Gasteiger partial charge is 0.331 e. The number of carbonyl (C=O) groups excluding carboxylic acids is 1. The molecule has 8 nitrogen and oxygen atoms in total. The number of rotatable bonds is 6. The van der Waals surface area contributed by atoms with Gasteiger partial charge in [0.15, 0.2) is 11.5 Å². The van der Waals surface area contributed by atoms with Crippen LogP contribution in [0.1, 0.15) is 70.3 Å². The SMILES string of the molecule is COc1ccc(CN=CC23CCC(O)CC2(O)CCC2C3CCC3(C)C(C4=CC(=O)OC4)CCC23O)cc1OC. The lowest BCUT2D eigenvalue weighted by atomic mass is 9.41. The predicted molar refractivity (Wildman–Crippen MR) is 149 cm³/mol. The number of ether oxygens (including phenoxy) is 3. The number of nitrogens with zero attached hydrogens (tertiary/aromatic N) is 1. The maximum absolute atomic E-state index is 12.6. The van der Waals surface area contributed by atoms with Crippen molar-refractivity contribution < 1.29 is 34.3 Å². The Kier molecular flexibility index (Phi) is 6.83. The van der Waals surface area contributed by atoms with Gasteiger partial charge in [-0.2, -0.15) is 0 Å². The third kappa shape index (κ3) is 3.97. The van der Waals surface area contributed by atoms with Crippen molar-refractivity contribution in [3.05, 3.63) is 35.4 Å². The highest BCUT2D eigenvalue weighted by Gasteiger charge is 2.71. The first-order valence-electron chi connectivity index (χ1n) is 14.8. The van der Waals surface area contributed by atoms with Gasteiger partial charge in [-0.3, -0.25) is 4.99 Å². The molecule has 1 aromatic carbocycles. The van der Waals surface area contributed by atoms with E-state index in [0.29, 0.717) is 63.2 Å².